The summed E-state index contributed by atoms with van der Waals surface area (Å²) < 4.78 is 5.68. The van der Waals surface area contributed by atoms with Gasteiger partial charge in [0.1, 0.15) is 0 Å². The van der Waals surface area contributed by atoms with E-state index >= 15 is 0 Å². The van der Waals surface area contributed by atoms with Crippen molar-refractivity contribution >= 4 is 5.91 Å². The van der Waals surface area contributed by atoms with Gasteiger partial charge in [-0.05, 0) is 30.0 Å². The Kier molecular flexibility index (Phi) is 7.81. The van der Waals surface area contributed by atoms with Crippen LogP contribution in [0.15, 0.2) is 54.9 Å². The highest BCUT2D eigenvalue weighted by molar-refractivity contribution is 5.76. The predicted octanol–water partition coefficient (Wildman–Crippen LogP) is 3.11. The van der Waals surface area contributed by atoms with E-state index in [-0.39, 0.29) is 5.91 Å². The number of rotatable bonds is 8. The maximum Gasteiger partial charge on any atom is 0.222 e. The first kappa shape index (κ1) is 19.5. The monoisotopic (exact) mass is 367 g/mol. The van der Waals surface area contributed by atoms with Gasteiger partial charge in [0.15, 0.2) is 0 Å². The molecule has 0 atom stereocenters. The fourth-order valence-corrected chi connectivity index (χ4v) is 3.38. The van der Waals surface area contributed by atoms with Crippen molar-refractivity contribution in [1.29, 1.82) is 0 Å². The molecule has 0 unspecified atom stereocenters. The van der Waals surface area contributed by atoms with Gasteiger partial charge < -0.3 is 9.64 Å². The average molecular weight is 367 g/mol. The van der Waals surface area contributed by atoms with Crippen molar-refractivity contribution in [2.75, 3.05) is 32.8 Å². The number of nitrogens with zero attached hydrogens (tertiary/aromatic N) is 3. The molecule has 3 rings (SSSR count). The van der Waals surface area contributed by atoms with Gasteiger partial charge >= 0.3 is 0 Å². The van der Waals surface area contributed by atoms with Crippen LogP contribution in [0, 0.1) is 0 Å². The number of pyridine rings is 1. The summed E-state index contributed by atoms with van der Waals surface area (Å²) in [6.45, 7) is 5.76. The summed E-state index contributed by atoms with van der Waals surface area (Å²) in [4.78, 5) is 21.1. The lowest BCUT2D eigenvalue weighted by molar-refractivity contribution is -0.131. The fourth-order valence-electron chi connectivity index (χ4n) is 3.38. The molecule has 0 bridgehead atoms. The zero-order valence-corrected chi connectivity index (χ0v) is 15.9. The van der Waals surface area contributed by atoms with E-state index in [2.05, 4.69) is 28.1 Å². The van der Waals surface area contributed by atoms with Gasteiger partial charge in [-0.25, -0.2) is 0 Å². The number of amides is 1. The van der Waals surface area contributed by atoms with Gasteiger partial charge in [-0.2, -0.15) is 0 Å². The Morgan fingerprint density at radius 1 is 1.00 bits per heavy atom. The Bertz CT molecular complexity index is 678. The van der Waals surface area contributed by atoms with Crippen LogP contribution in [0.3, 0.4) is 0 Å². The number of benzene rings is 1. The number of aromatic nitrogens is 1. The Morgan fingerprint density at radius 3 is 2.67 bits per heavy atom. The normalized spacial score (nSPS) is 15.5. The van der Waals surface area contributed by atoms with Crippen molar-refractivity contribution in [2.24, 2.45) is 0 Å². The van der Waals surface area contributed by atoms with E-state index in [1.165, 1.54) is 11.1 Å². The third-order valence-electron chi connectivity index (χ3n) is 4.86. The molecule has 1 saturated heterocycles. The van der Waals surface area contributed by atoms with Crippen LogP contribution >= 0.6 is 0 Å². The molecule has 0 saturated carbocycles. The molecule has 5 heteroatoms. The fraction of sp³-hybridized carbons (Fsp3) is 0.455. The number of carbonyl (C=O) groups is 1. The van der Waals surface area contributed by atoms with Gasteiger partial charge in [-0.15, -0.1) is 0 Å². The zero-order valence-electron chi connectivity index (χ0n) is 15.9. The van der Waals surface area contributed by atoms with E-state index < -0.39 is 0 Å². The Balaban J connectivity index is 1.33. The molecule has 0 radical (unpaired) electrons. The quantitative estimate of drug-likeness (QED) is 0.673. The molecule has 0 aliphatic carbocycles. The van der Waals surface area contributed by atoms with Gasteiger partial charge in [0.05, 0.1) is 6.61 Å². The third-order valence-corrected chi connectivity index (χ3v) is 4.86. The van der Waals surface area contributed by atoms with Crippen LogP contribution in [0.1, 0.15) is 30.4 Å². The molecular weight excluding hydrogens is 338 g/mol. The summed E-state index contributed by atoms with van der Waals surface area (Å²) in [5, 5.41) is 0. The lowest BCUT2D eigenvalue weighted by Crippen LogP contribution is -2.35. The SMILES string of the molecule is O=C(CCCOCc1ccccc1)N1CCCN(Cc2cccnc2)CC1. The molecule has 1 amide bonds. The topological polar surface area (TPSA) is 45.7 Å². The first-order valence-corrected chi connectivity index (χ1v) is 9.82. The zero-order chi connectivity index (χ0) is 18.7. The van der Waals surface area contributed by atoms with Crippen molar-refractivity contribution in [3.63, 3.8) is 0 Å². The van der Waals surface area contributed by atoms with E-state index in [9.17, 15) is 4.79 Å². The molecule has 27 heavy (non-hydrogen) atoms. The van der Waals surface area contributed by atoms with Crippen molar-refractivity contribution in [2.45, 2.75) is 32.4 Å². The minimum atomic E-state index is 0.251. The van der Waals surface area contributed by atoms with E-state index in [1.807, 2.05) is 35.4 Å². The minimum absolute atomic E-state index is 0.251. The Hall–Kier alpha value is -2.24. The third kappa shape index (κ3) is 6.77. The summed E-state index contributed by atoms with van der Waals surface area (Å²) in [5.74, 6) is 0.251. The highest BCUT2D eigenvalue weighted by Gasteiger charge is 2.18. The van der Waals surface area contributed by atoms with Gasteiger partial charge in [0.25, 0.3) is 0 Å². The standard InChI is InChI=1S/C22H29N3O2/c26-22(10-5-16-27-19-20-7-2-1-3-8-20)25-13-6-12-24(14-15-25)18-21-9-4-11-23-17-21/h1-4,7-9,11,17H,5-6,10,12-16,18-19H2. The maximum absolute atomic E-state index is 12.5. The molecule has 1 aliphatic heterocycles. The van der Waals surface area contributed by atoms with Crippen molar-refractivity contribution < 1.29 is 9.53 Å². The second-order valence-corrected chi connectivity index (χ2v) is 7.01. The highest BCUT2D eigenvalue weighted by Crippen LogP contribution is 2.10. The maximum atomic E-state index is 12.5. The molecule has 1 aromatic carbocycles. The van der Waals surface area contributed by atoms with Crippen molar-refractivity contribution in [3.05, 3.63) is 66.0 Å². The second kappa shape index (κ2) is 10.8. The van der Waals surface area contributed by atoms with Gasteiger partial charge in [-0.3, -0.25) is 14.7 Å². The van der Waals surface area contributed by atoms with Crippen LogP contribution in [0.25, 0.3) is 0 Å². The van der Waals surface area contributed by atoms with Crippen LogP contribution in [-0.4, -0.2) is 53.5 Å². The summed E-state index contributed by atoms with van der Waals surface area (Å²) in [6.07, 6.45) is 6.09. The lowest BCUT2D eigenvalue weighted by atomic mass is 10.2. The molecular formula is C22H29N3O2. The molecule has 1 aliphatic rings. The average Bonchev–Trinajstić information content (AvgIpc) is 2.95. The largest absolute Gasteiger partial charge is 0.377 e. The molecule has 1 aromatic heterocycles. The highest BCUT2D eigenvalue weighted by atomic mass is 16.5. The van der Waals surface area contributed by atoms with E-state index in [0.29, 0.717) is 19.6 Å². The molecule has 144 valence electrons. The van der Waals surface area contributed by atoms with Crippen molar-refractivity contribution in [3.8, 4) is 0 Å². The molecule has 5 nitrogen and oxygen atoms in total. The lowest BCUT2D eigenvalue weighted by Gasteiger charge is -2.22. The Morgan fingerprint density at radius 2 is 1.85 bits per heavy atom. The van der Waals surface area contributed by atoms with Crippen LogP contribution in [0.2, 0.25) is 0 Å². The smallest absolute Gasteiger partial charge is 0.222 e. The van der Waals surface area contributed by atoms with Crippen LogP contribution in [0.4, 0.5) is 0 Å². The molecule has 0 N–H and O–H groups in total. The number of hydrogen-bond donors (Lipinski definition) is 0. The van der Waals surface area contributed by atoms with E-state index in [1.54, 1.807) is 6.20 Å². The van der Waals surface area contributed by atoms with Gasteiger partial charge in [-0.1, -0.05) is 36.4 Å². The Labute approximate surface area is 162 Å². The van der Waals surface area contributed by atoms with Gasteiger partial charge in [0.2, 0.25) is 5.91 Å². The molecule has 1 fully saturated rings. The van der Waals surface area contributed by atoms with Gasteiger partial charge in [0, 0.05) is 58.1 Å². The second-order valence-electron chi connectivity index (χ2n) is 7.01. The van der Waals surface area contributed by atoms with Crippen LogP contribution in [0.5, 0.6) is 0 Å². The number of carbonyl (C=O) groups excluding carboxylic acids is 1. The summed E-state index contributed by atoms with van der Waals surface area (Å²) in [5.41, 5.74) is 2.40. The van der Waals surface area contributed by atoms with E-state index in [4.69, 9.17) is 4.74 Å². The number of ether oxygens (including phenoxy) is 1. The first-order valence-electron chi connectivity index (χ1n) is 9.82. The molecule has 2 heterocycles. The summed E-state index contributed by atoms with van der Waals surface area (Å²) in [6, 6.07) is 14.2. The summed E-state index contributed by atoms with van der Waals surface area (Å²) in [7, 11) is 0. The molecule has 2 aromatic rings. The predicted molar refractivity (Wildman–Crippen MR) is 106 cm³/mol. The number of hydrogen-bond acceptors (Lipinski definition) is 4. The van der Waals surface area contributed by atoms with E-state index in [0.717, 1.165) is 45.6 Å². The summed E-state index contributed by atoms with van der Waals surface area (Å²) >= 11 is 0. The van der Waals surface area contributed by atoms with Crippen LogP contribution < -0.4 is 0 Å². The molecule has 0 spiro atoms. The van der Waals surface area contributed by atoms with Crippen molar-refractivity contribution in [1.82, 2.24) is 14.8 Å². The van der Waals surface area contributed by atoms with Crippen LogP contribution in [-0.2, 0) is 22.7 Å². The minimum Gasteiger partial charge on any atom is -0.377 e. The first-order chi connectivity index (χ1) is 13.3.